The Bertz CT molecular complexity index is 168. The number of rotatable bonds is 6. The second-order valence-corrected chi connectivity index (χ2v) is 2.66. The molecule has 14 heavy (non-hydrogen) atoms. The highest BCUT2D eigenvalue weighted by Crippen LogP contribution is 2.18. The Morgan fingerprint density at radius 2 is 1.93 bits per heavy atom. The molecule has 0 radical (unpaired) electrons. The average Bonchev–Trinajstić information content (AvgIpc) is 2.08. The van der Waals surface area contributed by atoms with Crippen LogP contribution in [-0.2, 0) is 14.3 Å². The molecule has 0 rings (SSSR count). The van der Waals surface area contributed by atoms with E-state index in [1.807, 2.05) is 0 Å². The van der Waals surface area contributed by atoms with Gasteiger partial charge in [0.05, 0.1) is 20.1 Å². The third-order valence-electron chi connectivity index (χ3n) is 1.43. The monoisotopic (exact) mass is 214 g/mol. The smallest absolute Gasteiger partial charge is 0.391 e. The predicted molar refractivity (Wildman–Crippen MR) is 42.7 cm³/mol. The fourth-order valence-electron chi connectivity index (χ4n) is 0.711. The van der Waals surface area contributed by atoms with Crippen molar-refractivity contribution in [1.29, 1.82) is 0 Å². The Kier molecular flexibility index (Phi) is 6.27. The van der Waals surface area contributed by atoms with Crippen molar-refractivity contribution in [3.05, 3.63) is 0 Å². The summed E-state index contributed by atoms with van der Waals surface area (Å²) in [6.07, 6.45) is -4.58. The van der Waals surface area contributed by atoms with E-state index in [0.717, 1.165) is 0 Å². The first-order valence-corrected chi connectivity index (χ1v) is 4.17. The van der Waals surface area contributed by atoms with Crippen LogP contribution in [0.4, 0.5) is 13.2 Å². The molecule has 0 aliphatic heterocycles. The summed E-state index contributed by atoms with van der Waals surface area (Å²) in [6, 6.07) is 0. The van der Waals surface area contributed by atoms with Gasteiger partial charge in [0.15, 0.2) is 0 Å². The zero-order valence-corrected chi connectivity index (χ0v) is 7.89. The highest BCUT2D eigenvalue weighted by Gasteiger charge is 2.26. The molecular weight excluding hydrogens is 201 g/mol. The molecule has 84 valence electrons. The van der Waals surface area contributed by atoms with Gasteiger partial charge < -0.3 is 9.47 Å². The van der Waals surface area contributed by atoms with Crippen LogP contribution >= 0.6 is 0 Å². The molecule has 0 spiro atoms. The molecule has 0 aromatic heterocycles. The molecule has 6 heteroatoms. The Hall–Kier alpha value is -0.780. The van der Waals surface area contributed by atoms with Gasteiger partial charge in [0.25, 0.3) is 0 Å². The van der Waals surface area contributed by atoms with Gasteiger partial charge in [0, 0.05) is 13.0 Å². The maximum absolute atomic E-state index is 11.6. The summed E-state index contributed by atoms with van der Waals surface area (Å²) < 4.78 is 43.8. The first kappa shape index (κ1) is 13.2. The van der Waals surface area contributed by atoms with Gasteiger partial charge in [-0.15, -0.1) is 0 Å². The average molecular weight is 214 g/mol. The molecule has 0 heterocycles. The van der Waals surface area contributed by atoms with E-state index >= 15 is 0 Å². The van der Waals surface area contributed by atoms with E-state index in [1.165, 1.54) is 7.11 Å². The number of methoxy groups -OCH3 is 1. The number of hydrogen-bond acceptors (Lipinski definition) is 3. The third-order valence-corrected chi connectivity index (χ3v) is 1.43. The summed E-state index contributed by atoms with van der Waals surface area (Å²) in [7, 11) is 1.26. The fourth-order valence-corrected chi connectivity index (χ4v) is 0.711. The van der Waals surface area contributed by atoms with Crippen LogP contribution in [0.1, 0.15) is 19.3 Å². The molecule has 0 saturated heterocycles. The van der Waals surface area contributed by atoms with Crippen molar-refractivity contribution in [3.63, 3.8) is 0 Å². The van der Waals surface area contributed by atoms with Crippen molar-refractivity contribution < 1.29 is 27.4 Å². The van der Waals surface area contributed by atoms with Crippen LogP contribution in [0.5, 0.6) is 0 Å². The standard InChI is InChI=1S/C8H13F3O3/c1-13-7(12)3-2-5-14-6-4-8(9,10)11/h2-6H2,1H3. The van der Waals surface area contributed by atoms with Gasteiger partial charge in [-0.25, -0.2) is 0 Å². The van der Waals surface area contributed by atoms with Gasteiger partial charge in [0.1, 0.15) is 0 Å². The van der Waals surface area contributed by atoms with Crippen molar-refractivity contribution in [1.82, 2.24) is 0 Å². The highest BCUT2D eigenvalue weighted by molar-refractivity contribution is 5.68. The number of alkyl halides is 3. The minimum atomic E-state index is -4.18. The van der Waals surface area contributed by atoms with Crippen LogP contribution in [0.25, 0.3) is 0 Å². The minimum absolute atomic E-state index is 0.144. The Labute approximate surface area is 80.2 Å². The molecule has 3 nitrogen and oxygen atoms in total. The summed E-state index contributed by atoms with van der Waals surface area (Å²) in [5, 5.41) is 0. The molecule has 0 amide bonds. The van der Waals surface area contributed by atoms with Crippen LogP contribution in [0.2, 0.25) is 0 Å². The molecule has 0 unspecified atom stereocenters. The summed E-state index contributed by atoms with van der Waals surface area (Å²) in [5.74, 6) is -0.385. The Morgan fingerprint density at radius 1 is 1.29 bits per heavy atom. The molecule has 0 N–H and O–H groups in total. The molecule has 0 aliphatic carbocycles. The van der Waals surface area contributed by atoms with E-state index in [9.17, 15) is 18.0 Å². The molecule has 0 aliphatic rings. The molecular formula is C8H13F3O3. The van der Waals surface area contributed by atoms with E-state index < -0.39 is 12.6 Å². The lowest BCUT2D eigenvalue weighted by Crippen LogP contribution is -2.12. The van der Waals surface area contributed by atoms with Crippen molar-refractivity contribution in [2.24, 2.45) is 0 Å². The first-order valence-electron chi connectivity index (χ1n) is 4.17. The second-order valence-electron chi connectivity index (χ2n) is 2.66. The van der Waals surface area contributed by atoms with Gasteiger partial charge in [-0.3, -0.25) is 4.79 Å². The van der Waals surface area contributed by atoms with E-state index in [2.05, 4.69) is 9.47 Å². The van der Waals surface area contributed by atoms with E-state index in [4.69, 9.17) is 0 Å². The van der Waals surface area contributed by atoms with Crippen LogP contribution < -0.4 is 0 Å². The van der Waals surface area contributed by atoms with Gasteiger partial charge in [0.2, 0.25) is 0 Å². The number of carbonyl (C=O) groups is 1. The lowest BCUT2D eigenvalue weighted by Gasteiger charge is -2.06. The molecule has 0 saturated carbocycles. The summed E-state index contributed by atoms with van der Waals surface area (Å²) in [5.41, 5.74) is 0. The topological polar surface area (TPSA) is 35.5 Å². The zero-order valence-electron chi connectivity index (χ0n) is 7.89. The lowest BCUT2D eigenvalue weighted by atomic mass is 10.3. The van der Waals surface area contributed by atoms with Crippen molar-refractivity contribution in [3.8, 4) is 0 Å². The third kappa shape index (κ3) is 9.31. The van der Waals surface area contributed by atoms with Gasteiger partial charge in [-0.2, -0.15) is 13.2 Å². The summed E-state index contributed by atoms with van der Waals surface area (Å²) in [4.78, 5) is 10.5. The quantitative estimate of drug-likeness (QED) is 0.500. The first-order chi connectivity index (χ1) is 6.45. The SMILES string of the molecule is COC(=O)CCCOCCC(F)(F)F. The van der Waals surface area contributed by atoms with Crippen molar-refractivity contribution in [2.75, 3.05) is 20.3 Å². The zero-order chi connectivity index (χ0) is 11.0. The molecule has 0 aromatic rings. The molecule has 0 fully saturated rings. The van der Waals surface area contributed by atoms with Crippen LogP contribution in [0.15, 0.2) is 0 Å². The maximum Gasteiger partial charge on any atom is 0.391 e. The van der Waals surface area contributed by atoms with Crippen LogP contribution in [0, 0.1) is 0 Å². The Balaban J connectivity index is 3.18. The van der Waals surface area contributed by atoms with Gasteiger partial charge >= 0.3 is 12.1 Å². The number of halogens is 3. The number of carbonyl (C=O) groups excluding carboxylic acids is 1. The normalized spacial score (nSPS) is 11.4. The largest absolute Gasteiger partial charge is 0.469 e. The number of hydrogen-bond donors (Lipinski definition) is 0. The highest BCUT2D eigenvalue weighted by atomic mass is 19.4. The van der Waals surface area contributed by atoms with Crippen LogP contribution in [0.3, 0.4) is 0 Å². The minimum Gasteiger partial charge on any atom is -0.469 e. The van der Waals surface area contributed by atoms with Crippen LogP contribution in [-0.4, -0.2) is 32.5 Å². The van der Waals surface area contributed by atoms with Gasteiger partial charge in [-0.1, -0.05) is 0 Å². The van der Waals surface area contributed by atoms with E-state index in [0.29, 0.717) is 6.42 Å². The summed E-state index contributed by atoms with van der Waals surface area (Å²) in [6.45, 7) is -0.212. The fraction of sp³-hybridized carbons (Fsp3) is 0.875. The second kappa shape index (κ2) is 6.64. The Morgan fingerprint density at radius 3 is 2.43 bits per heavy atom. The van der Waals surface area contributed by atoms with E-state index in [-0.39, 0.29) is 25.6 Å². The maximum atomic E-state index is 11.6. The number of esters is 1. The van der Waals surface area contributed by atoms with Crippen molar-refractivity contribution in [2.45, 2.75) is 25.4 Å². The van der Waals surface area contributed by atoms with Gasteiger partial charge in [-0.05, 0) is 6.42 Å². The molecule has 0 bridgehead atoms. The summed E-state index contributed by atoms with van der Waals surface area (Å²) >= 11 is 0. The van der Waals surface area contributed by atoms with Crippen molar-refractivity contribution >= 4 is 5.97 Å². The molecule has 0 atom stereocenters. The lowest BCUT2D eigenvalue weighted by molar-refractivity contribution is -0.147. The van der Waals surface area contributed by atoms with E-state index in [1.54, 1.807) is 0 Å². The predicted octanol–water partition coefficient (Wildman–Crippen LogP) is 1.91. The molecule has 0 aromatic carbocycles. The number of ether oxygens (including phenoxy) is 2.